The molecule has 0 aromatic carbocycles. The number of rotatable bonds is 6. The number of nitrogens with one attached hydrogen (secondary N) is 1. The average Bonchev–Trinajstić information content (AvgIpc) is 3.19. The van der Waals surface area contributed by atoms with E-state index in [0.717, 1.165) is 19.4 Å². The van der Waals surface area contributed by atoms with E-state index in [9.17, 15) is 4.79 Å². The fourth-order valence-corrected chi connectivity index (χ4v) is 3.45. The lowest BCUT2D eigenvalue weighted by atomic mass is 10.2. The molecule has 10 nitrogen and oxygen atoms in total. The minimum atomic E-state index is -0.241. The Morgan fingerprint density at radius 3 is 2.92 bits per heavy atom. The van der Waals surface area contributed by atoms with Gasteiger partial charge in [0, 0.05) is 20.7 Å². The first-order chi connectivity index (χ1) is 11.9. The first-order valence-electron chi connectivity index (χ1n) is 8.06. The van der Waals surface area contributed by atoms with Gasteiger partial charge in [-0.15, -0.1) is 5.10 Å². The average molecular weight is 366 g/mol. The Labute approximate surface area is 149 Å². The molecular weight excluding hydrogens is 344 g/mol. The SMILES string of the molecule is C[C@@H](Sc1n[nH]c(=O)n1C[C@@H]1CCCO1)c1nc(N)nc(N(C)C)n1. The second-order valence-electron chi connectivity index (χ2n) is 6.06. The van der Waals surface area contributed by atoms with E-state index in [1.807, 2.05) is 21.0 Å². The van der Waals surface area contributed by atoms with E-state index in [2.05, 4.69) is 25.1 Å². The number of nitrogens with zero attached hydrogens (tertiary/aromatic N) is 6. The van der Waals surface area contributed by atoms with Crippen molar-refractivity contribution in [3.8, 4) is 0 Å². The monoisotopic (exact) mass is 366 g/mol. The van der Waals surface area contributed by atoms with Crippen molar-refractivity contribution in [2.24, 2.45) is 0 Å². The van der Waals surface area contributed by atoms with Crippen molar-refractivity contribution < 1.29 is 4.74 Å². The first kappa shape index (κ1) is 17.7. The number of nitrogen functional groups attached to an aromatic ring is 1. The van der Waals surface area contributed by atoms with E-state index in [4.69, 9.17) is 10.5 Å². The zero-order chi connectivity index (χ0) is 18.0. The topological polar surface area (TPSA) is 128 Å². The summed E-state index contributed by atoms with van der Waals surface area (Å²) in [5.74, 6) is 1.20. The molecule has 0 radical (unpaired) electrons. The number of ether oxygens (including phenoxy) is 1. The Bertz CT molecular complexity index is 783. The molecule has 0 spiro atoms. The van der Waals surface area contributed by atoms with Crippen LogP contribution in [0, 0.1) is 0 Å². The summed E-state index contributed by atoms with van der Waals surface area (Å²) in [6.45, 7) is 3.18. The lowest BCUT2D eigenvalue weighted by Gasteiger charge is -2.15. The molecule has 0 amide bonds. The van der Waals surface area contributed by atoms with Crippen LogP contribution < -0.4 is 16.3 Å². The number of aromatic nitrogens is 6. The summed E-state index contributed by atoms with van der Waals surface area (Å²) in [7, 11) is 3.67. The third kappa shape index (κ3) is 4.10. The Hall–Kier alpha value is -2.14. The van der Waals surface area contributed by atoms with Gasteiger partial charge in [-0.1, -0.05) is 11.8 Å². The summed E-state index contributed by atoms with van der Waals surface area (Å²) in [6, 6.07) is 0. The van der Waals surface area contributed by atoms with Crippen molar-refractivity contribution in [3.63, 3.8) is 0 Å². The molecule has 0 unspecified atom stereocenters. The molecule has 136 valence electrons. The Kier molecular flexibility index (Phi) is 5.23. The zero-order valence-electron chi connectivity index (χ0n) is 14.5. The lowest BCUT2D eigenvalue weighted by molar-refractivity contribution is 0.0941. The fourth-order valence-electron chi connectivity index (χ4n) is 2.54. The molecule has 2 aromatic rings. The second-order valence-corrected chi connectivity index (χ2v) is 7.37. The van der Waals surface area contributed by atoms with Gasteiger partial charge in [-0.2, -0.15) is 15.0 Å². The third-order valence-electron chi connectivity index (χ3n) is 3.84. The van der Waals surface area contributed by atoms with Crippen LogP contribution in [0.2, 0.25) is 0 Å². The molecule has 3 N–H and O–H groups in total. The quantitative estimate of drug-likeness (QED) is 0.700. The number of hydrogen-bond acceptors (Lipinski definition) is 9. The highest BCUT2D eigenvalue weighted by molar-refractivity contribution is 7.99. The largest absolute Gasteiger partial charge is 0.376 e. The van der Waals surface area contributed by atoms with Crippen LogP contribution in [0.15, 0.2) is 9.95 Å². The van der Waals surface area contributed by atoms with Crippen molar-refractivity contribution in [1.82, 2.24) is 29.7 Å². The van der Waals surface area contributed by atoms with Gasteiger partial charge < -0.3 is 15.4 Å². The van der Waals surface area contributed by atoms with Crippen LogP contribution in [0.5, 0.6) is 0 Å². The molecule has 1 aliphatic rings. The molecule has 0 bridgehead atoms. The van der Waals surface area contributed by atoms with Crippen LogP contribution in [0.1, 0.15) is 30.8 Å². The molecule has 3 heterocycles. The third-order valence-corrected chi connectivity index (χ3v) is 4.92. The van der Waals surface area contributed by atoms with Crippen molar-refractivity contribution in [3.05, 3.63) is 16.3 Å². The summed E-state index contributed by atoms with van der Waals surface area (Å²) in [4.78, 5) is 26.5. The summed E-state index contributed by atoms with van der Waals surface area (Å²) in [6.07, 6.45) is 2.03. The predicted molar refractivity (Wildman–Crippen MR) is 94.7 cm³/mol. The molecule has 1 saturated heterocycles. The van der Waals surface area contributed by atoms with Crippen molar-refractivity contribution >= 4 is 23.7 Å². The van der Waals surface area contributed by atoms with Gasteiger partial charge in [0.15, 0.2) is 5.16 Å². The van der Waals surface area contributed by atoms with E-state index in [-0.39, 0.29) is 23.0 Å². The van der Waals surface area contributed by atoms with Crippen LogP contribution >= 0.6 is 11.8 Å². The van der Waals surface area contributed by atoms with Gasteiger partial charge >= 0.3 is 5.69 Å². The molecule has 1 fully saturated rings. The summed E-state index contributed by atoms with van der Waals surface area (Å²) >= 11 is 1.39. The maximum absolute atomic E-state index is 12.1. The van der Waals surface area contributed by atoms with Crippen molar-refractivity contribution in [2.45, 2.75) is 42.8 Å². The highest BCUT2D eigenvalue weighted by atomic mass is 32.2. The number of aromatic amines is 1. The molecule has 2 aromatic heterocycles. The van der Waals surface area contributed by atoms with Crippen LogP contribution in [0.3, 0.4) is 0 Å². The first-order valence-corrected chi connectivity index (χ1v) is 8.94. The number of hydrogen-bond donors (Lipinski definition) is 2. The van der Waals surface area contributed by atoms with Crippen molar-refractivity contribution in [2.75, 3.05) is 31.3 Å². The number of H-pyrrole nitrogens is 1. The minimum Gasteiger partial charge on any atom is -0.376 e. The second kappa shape index (κ2) is 7.40. The maximum Gasteiger partial charge on any atom is 0.344 e. The van der Waals surface area contributed by atoms with Crippen LogP contribution in [-0.2, 0) is 11.3 Å². The molecular formula is C14H22N8O2S. The highest BCUT2D eigenvalue weighted by Crippen LogP contribution is 2.32. The van der Waals surface area contributed by atoms with Crippen LogP contribution in [0.4, 0.5) is 11.9 Å². The smallest absolute Gasteiger partial charge is 0.344 e. The number of thioether (sulfide) groups is 1. The molecule has 0 saturated carbocycles. The minimum absolute atomic E-state index is 0.0538. The number of anilines is 2. The van der Waals surface area contributed by atoms with Gasteiger partial charge in [-0.25, -0.2) is 9.89 Å². The van der Waals surface area contributed by atoms with Gasteiger partial charge in [-0.3, -0.25) is 4.57 Å². The molecule has 11 heteroatoms. The lowest BCUT2D eigenvalue weighted by Crippen LogP contribution is -2.25. The molecule has 25 heavy (non-hydrogen) atoms. The van der Waals surface area contributed by atoms with Crippen molar-refractivity contribution in [1.29, 1.82) is 0 Å². The van der Waals surface area contributed by atoms with Gasteiger partial charge in [-0.05, 0) is 19.8 Å². The van der Waals surface area contributed by atoms with Gasteiger partial charge in [0.1, 0.15) is 5.82 Å². The summed E-state index contributed by atoms with van der Waals surface area (Å²) in [5, 5.41) is 7.06. The maximum atomic E-state index is 12.1. The van der Waals surface area contributed by atoms with Gasteiger partial charge in [0.25, 0.3) is 0 Å². The van der Waals surface area contributed by atoms with E-state index < -0.39 is 0 Å². The summed E-state index contributed by atoms with van der Waals surface area (Å²) < 4.78 is 7.22. The van der Waals surface area contributed by atoms with E-state index in [1.165, 1.54) is 11.8 Å². The fraction of sp³-hybridized carbons (Fsp3) is 0.643. The van der Waals surface area contributed by atoms with Gasteiger partial charge in [0.05, 0.1) is 17.9 Å². The highest BCUT2D eigenvalue weighted by Gasteiger charge is 2.22. The molecule has 1 aliphatic heterocycles. The summed E-state index contributed by atoms with van der Waals surface area (Å²) in [5.41, 5.74) is 5.54. The van der Waals surface area contributed by atoms with Gasteiger partial charge in [0.2, 0.25) is 11.9 Å². The van der Waals surface area contributed by atoms with E-state index in [0.29, 0.717) is 23.5 Å². The Balaban J connectivity index is 1.79. The number of nitrogens with two attached hydrogens (primary N) is 1. The Morgan fingerprint density at radius 2 is 2.24 bits per heavy atom. The zero-order valence-corrected chi connectivity index (χ0v) is 15.3. The molecule has 3 rings (SSSR count). The molecule has 0 aliphatic carbocycles. The molecule has 2 atom stereocenters. The predicted octanol–water partition coefficient (Wildman–Crippen LogP) is 0.437. The Morgan fingerprint density at radius 1 is 1.44 bits per heavy atom. The van der Waals surface area contributed by atoms with Crippen LogP contribution in [0.25, 0.3) is 0 Å². The van der Waals surface area contributed by atoms with E-state index in [1.54, 1.807) is 9.47 Å². The van der Waals surface area contributed by atoms with Crippen LogP contribution in [-0.4, -0.2) is 56.5 Å². The normalized spacial score (nSPS) is 18.4. The van der Waals surface area contributed by atoms with E-state index >= 15 is 0 Å². The standard InChI is InChI=1S/C14H22N8O2S/c1-8(10-16-11(15)18-12(17-10)21(2)3)25-14-20-19-13(23)22(14)7-9-5-4-6-24-9/h8-9H,4-7H2,1-3H3,(H,19,23)(H2,15,16,17,18)/t8-,9+/m1/s1.